The highest BCUT2D eigenvalue weighted by Gasteiger charge is 2.31. The number of hydrogen-bond donors (Lipinski definition) is 8. The Morgan fingerprint density at radius 2 is 1.50 bits per heavy atom. The minimum absolute atomic E-state index is 0.0187. The van der Waals surface area contributed by atoms with Crippen LogP contribution in [0.3, 0.4) is 0 Å². The van der Waals surface area contributed by atoms with Crippen LogP contribution in [0.4, 0.5) is 9.59 Å². The highest BCUT2D eigenvalue weighted by atomic mass is 32.2. The molecule has 10 N–H and O–H groups in total. The Bertz CT molecular complexity index is 1200. The number of carbonyl (C=O) groups excluding carboxylic acids is 6. The first-order chi connectivity index (χ1) is 22.2. The number of nitrogens with one attached hydrogen (secondary N) is 5. The number of sulfone groups is 1. The van der Waals surface area contributed by atoms with E-state index in [9.17, 15) is 42.3 Å². The molecule has 0 fully saturated rings. The van der Waals surface area contributed by atoms with Crippen molar-refractivity contribution < 1.29 is 61.2 Å². The molecule has 6 amide bonds. The van der Waals surface area contributed by atoms with Gasteiger partial charge in [0.05, 0.1) is 55.1 Å². The van der Waals surface area contributed by atoms with Crippen molar-refractivity contribution in [2.75, 3.05) is 65.1 Å². The zero-order valence-corrected chi connectivity index (χ0v) is 29.0. The molecule has 3 atom stereocenters. The Balaban J connectivity index is 4.83. The molecule has 0 spiro atoms. The molecule has 0 saturated heterocycles. The fraction of sp³-hybridized carbons (Fsp3) is 0.778. The lowest BCUT2D eigenvalue weighted by molar-refractivity contribution is -0.133. The van der Waals surface area contributed by atoms with Gasteiger partial charge in [0.1, 0.15) is 12.6 Å². The average Bonchev–Trinajstić information content (AvgIpc) is 3.00. The van der Waals surface area contributed by atoms with E-state index in [2.05, 4.69) is 26.6 Å². The fourth-order valence-corrected chi connectivity index (χ4v) is 5.10. The third-order valence-corrected chi connectivity index (χ3v) is 7.97. The Kier molecular flexibility index (Phi) is 19.6. The smallest absolute Gasteiger partial charge is 0.407 e. The monoisotopic (exact) mass is 713 g/mol. The molecule has 0 unspecified atom stereocenters. The minimum atomic E-state index is -4.18. The van der Waals surface area contributed by atoms with Gasteiger partial charge in [-0.1, -0.05) is 0 Å². The molecule has 20 nitrogen and oxygen atoms in total. The molecule has 0 heterocycles. The molecule has 0 aliphatic carbocycles. The van der Waals surface area contributed by atoms with E-state index < -0.39 is 93.9 Å². The number of aliphatic hydroxyl groups is 1. The highest BCUT2D eigenvalue weighted by Crippen LogP contribution is 2.20. The topological polar surface area (TPSA) is 306 Å². The summed E-state index contributed by atoms with van der Waals surface area (Å²) in [6, 6.07) is -3.14. The Morgan fingerprint density at radius 3 is 2.06 bits per heavy atom. The van der Waals surface area contributed by atoms with Crippen molar-refractivity contribution in [3.05, 3.63) is 0 Å². The predicted molar refractivity (Wildman–Crippen MR) is 170 cm³/mol. The van der Waals surface area contributed by atoms with E-state index in [1.54, 1.807) is 27.7 Å². The molecule has 0 bridgehead atoms. The van der Waals surface area contributed by atoms with Crippen LogP contribution in [0.5, 0.6) is 0 Å². The molecular weight excluding hydrogens is 662 g/mol. The third kappa shape index (κ3) is 20.4. The molecular formula is C27H51N7O13S. The van der Waals surface area contributed by atoms with Crippen LogP contribution in [-0.2, 0) is 48.0 Å². The van der Waals surface area contributed by atoms with Crippen LogP contribution in [-0.4, -0.2) is 144 Å². The largest absolute Gasteiger partial charge is 0.446 e. The summed E-state index contributed by atoms with van der Waals surface area (Å²) >= 11 is 0. The van der Waals surface area contributed by atoms with Crippen LogP contribution in [0, 0.1) is 0 Å². The third-order valence-electron chi connectivity index (χ3n) is 6.23. The summed E-state index contributed by atoms with van der Waals surface area (Å²) < 4.78 is 46.7. The van der Waals surface area contributed by atoms with Crippen LogP contribution >= 0.6 is 0 Å². The van der Waals surface area contributed by atoms with Gasteiger partial charge in [-0.15, -0.1) is 0 Å². The van der Waals surface area contributed by atoms with E-state index in [0.717, 1.165) is 0 Å². The van der Waals surface area contributed by atoms with Gasteiger partial charge in [0.2, 0.25) is 23.6 Å². The quantitative estimate of drug-likeness (QED) is 0.0474. The molecule has 0 radical (unpaired) electrons. The van der Waals surface area contributed by atoms with Gasteiger partial charge in [0.25, 0.3) is 0 Å². The molecule has 0 aliphatic heterocycles. The number of rotatable bonds is 23. The Labute approximate surface area is 279 Å². The maximum Gasteiger partial charge on any atom is 0.407 e. The zero-order valence-electron chi connectivity index (χ0n) is 28.2. The Morgan fingerprint density at radius 1 is 0.875 bits per heavy atom. The molecule has 21 heteroatoms. The van der Waals surface area contributed by atoms with Gasteiger partial charge in [-0.25, -0.2) is 18.0 Å². The van der Waals surface area contributed by atoms with Crippen molar-refractivity contribution in [1.29, 1.82) is 0 Å². The van der Waals surface area contributed by atoms with Crippen LogP contribution in [0.1, 0.15) is 40.5 Å². The maximum absolute atomic E-state index is 12.7. The highest BCUT2D eigenvalue weighted by molar-refractivity contribution is 7.91. The number of primary amides is 1. The molecule has 0 rings (SSSR count). The first kappa shape index (κ1) is 44.2. The standard InChI is InChI=1S/C27H51N7O13S/c1-26(2,8-7-21(37)33-11-20(29)36)46-16-27(3,4)45-10-9-32-23(39)19(12-35)34-22(38)18(28)15-48(42,43)14-17(47-25(41)31-6)13-44-24(40)30-5/h17-19,35H,7-16,28H2,1-6H3,(H2,29,36)(H,30,40)(H,31,41)(H,32,39)(H,33,37)(H,34,38)/t17-,18+,19+/m1/s1. The van der Waals surface area contributed by atoms with Gasteiger partial charge < -0.3 is 62.1 Å². The summed E-state index contributed by atoms with van der Waals surface area (Å²) in [5.74, 6) is -4.59. The van der Waals surface area contributed by atoms with Crippen LogP contribution in [0.15, 0.2) is 0 Å². The maximum atomic E-state index is 12.7. The molecule has 0 aromatic heterocycles. The summed E-state index contributed by atoms with van der Waals surface area (Å²) in [5.41, 5.74) is 9.25. The van der Waals surface area contributed by atoms with E-state index in [1.165, 1.54) is 14.1 Å². The van der Waals surface area contributed by atoms with Gasteiger partial charge in [-0.05, 0) is 34.1 Å². The van der Waals surface area contributed by atoms with Gasteiger partial charge in [0, 0.05) is 27.1 Å². The zero-order chi connectivity index (χ0) is 37.1. The lowest BCUT2D eigenvalue weighted by atomic mass is 10.0. The lowest BCUT2D eigenvalue weighted by Crippen LogP contribution is -2.55. The van der Waals surface area contributed by atoms with Crippen molar-refractivity contribution in [1.82, 2.24) is 26.6 Å². The van der Waals surface area contributed by atoms with Crippen LogP contribution < -0.4 is 38.1 Å². The number of ether oxygens (including phenoxy) is 4. The van der Waals surface area contributed by atoms with E-state index in [1.807, 2.05) is 0 Å². The summed E-state index contributed by atoms with van der Waals surface area (Å²) in [4.78, 5) is 70.7. The second-order valence-electron chi connectivity index (χ2n) is 11.7. The van der Waals surface area contributed by atoms with E-state index in [4.69, 9.17) is 30.4 Å². The lowest BCUT2D eigenvalue weighted by Gasteiger charge is -2.32. The Hall–Kier alpha value is -3.79. The molecule has 0 aliphatic rings. The number of alkyl carbamates (subject to hydrolysis) is 2. The summed E-state index contributed by atoms with van der Waals surface area (Å²) in [6.45, 7) is 5.52. The van der Waals surface area contributed by atoms with E-state index >= 15 is 0 Å². The number of hydrogen-bond acceptors (Lipinski definition) is 14. The van der Waals surface area contributed by atoms with Crippen molar-refractivity contribution in [2.45, 2.75) is 69.9 Å². The predicted octanol–water partition coefficient (Wildman–Crippen LogP) is -3.63. The van der Waals surface area contributed by atoms with Crippen LogP contribution in [0.2, 0.25) is 0 Å². The van der Waals surface area contributed by atoms with E-state index in [-0.39, 0.29) is 38.6 Å². The summed E-state index contributed by atoms with van der Waals surface area (Å²) in [5, 5.41) is 21.0. The second kappa shape index (κ2) is 21.2. The first-order valence-corrected chi connectivity index (χ1v) is 16.7. The van der Waals surface area contributed by atoms with Crippen LogP contribution in [0.25, 0.3) is 0 Å². The van der Waals surface area contributed by atoms with E-state index in [0.29, 0.717) is 6.42 Å². The average molecular weight is 714 g/mol. The second-order valence-corrected chi connectivity index (χ2v) is 13.9. The minimum Gasteiger partial charge on any atom is -0.446 e. The molecule has 278 valence electrons. The normalized spacial score (nSPS) is 13.7. The van der Waals surface area contributed by atoms with Gasteiger partial charge in [-0.3, -0.25) is 19.2 Å². The molecule has 0 saturated carbocycles. The van der Waals surface area contributed by atoms with Gasteiger partial charge in [-0.2, -0.15) is 0 Å². The number of nitrogens with two attached hydrogens (primary N) is 2. The summed E-state index contributed by atoms with van der Waals surface area (Å²) in [6.07, 6.45) is -2.84. The number of aliphatic hydroxyl groups excluding tert-OH is 1. The van der Waals surface area contributed by atoms with Crippen molar-refractivity contribution in [3.8, 4) is 0 Å². The van der Waals surface area contributed by atoms with Gasteiger partial charge in [0.15, 0.2) is 15.9 Å². The number of amides is 6. The molecule has 0 aromatic rings. The molecule has 48 heavy (non-hydrogen) atoms. The number of carbonyl (C=O) groups is 6. The fourth-order valence-electron chi connectivity index (χ4n) is 3.54. The van der Waals surface area contributed by atoms with Crippen molar-refractivity contribution in [3.63, 3.8) is 0 Å². The van der Waals surface area contributed by atoms with Crippen molar-refractivity contribution in [2.24, 2.45) is 11.5 Å². The first-order valence-electron chi connectivity index (χ1n) is 14.9. The summed E-state index contributed by atoms with van der Waals surface area (Å²) in [7, 11) is -1.68. The SMILES string of the molecule is CNC(=O)OC[C@H](CS(=O)(=O)C[C@H](N)C(=O)N[C@@H](CO)C(=O)NCCOC(C)(C)COC(C)(C)CCC(=O)NCC(N)=O)OC(=O)NC. The van der Waals surface area contributed by atoms with Gasteiger partial charge >= 0.3 is 12.2 Å². The van der Waals surface area contributed by atoms with Crippen molar-refractivity contribution >= 4 is 45.7 Å². The molecule has 0 aromatic carbocycles.